The summed E-state index contributed by atoms with van der Waals surface area (Å²) in [7, 11) is 5.40. The van der Waals surface area contributed by atoms with Crippen LogP contribution < -0.4 is 5.11 Å². The topological polar surface area (TPSA) is 102 Å². The van der Waals surface area contributed by atoms with Crippen LogP contribution in [0, 0.1) is 0 Å². The number of hydrogen-bond donors (Lipinski definition) is 0. The number of carbonyl (C=O) groups is 3. The van der Waals surface area contributed by atoms with Crippen LogP contribution in [0.2, 0.25) is 0 Å². The minimum Gasteiger partial charge on any atom is -0.544 e. The van der Waals surface area contributed by atoms with Gasteiger partial charge < -0.3 is 28.6 Å². The van der Waals surface area contributed by atoms with Gasteiger partial charge in [0.05, 0.1) is 40.3 Å². The van der Waals surface area contributed by atoms with Gasteiger partial charge in [-0.05, 0) is 89.9 Å². The van der Waals surface area contributed by atoms with Gasteiger partial charge in [0.2, 0.25) is 0 Å². The monoisotopic (exact) mass is 868 g/mol. The van der Waals surface area contributed by atoms with Crippen molar-refractivity contribution in [1.29, 1.82) is 0 Å². The minimum absolute atomic E-state index is 0.0272. The number of carboxylic acid groups (broad SMARTS) is 1. The number of carbonyl (C=O) groups excluding carboxylic acids is 3. The van der Waals surface area contributed by atoms with Gasteiger partial charge >= 0.3 is 11.9 Å². The van der Waals surface area contributed by atoms with E-state index >= 15 is 0 Å². The summed E-state index contributed by atoms with van der Waals surface area (Å²) >= 11 is 0. The van der Waals surface area contributed by atoms with E-state index < -0.39 is 18.1 Å². The number of ether oxygens (including phenoxy) is 3. The Balaban J connectivity index is 4.34. The Morgan fingerprint density at radius 2 is 0.855 bits per heavy atom. The molecule has 0 aromatic carbocycles. The zero-order chi connectivity index (χ0) is 45.6. The molecule has 0 radical (unpaired) electrons. The summed E-state index contributed by atoms with van der Waals surface area (Å²) in [5, 5.41) is 11.7. The predicted molar refractivity (Wildman–Crippen MR) is 259 cm³/mol. The molecule has 356 valence electrons. The lowest BCUT2D eigenvalue weighted by atomic mass is 10.1. The van der Waals surface area contributed by atoms with E-state index in [9.17, 15) is 19.5 Å². The molecule has 0 saturated carbocycles. The Labute approximate surface area is 381 Å². The molecule has 8 heteroatoms. The first kappa shape index (κ1) is 58.8. The maximum atomic E-state index is 12.8. The molecule has 0 aliphatic rings. The van der Waals surface area contributed by atoms with Crippen LogP contribution in [0.25, 0.3) is 0 Å². The molecule has 0 aromatic rings. The summed E-state index contributed by atoms with van der Waals surface area (Å²) in [6.07, 6.45) is 56.3. The van der Waals surface area contributed by atoms with E-state index in [1.54, 1.807) is 21.1 Å². The second kappa shape index (κ2) is 44.4. The van der Waals surface area contributed by atoms with Gasteiger partial charge in [-0.2, -0.15) is 0 Å². The Morgan fingerprint density at radius 1 is 0.484 bits per heavy atom. The number of likely N-dealkylation sites (N-methyl/N-ethyl adjacent to an activating group) is 1. The van der Waals surface area contributed by atoms with Crippen molar-refractivity contribution in [3.8, 4) is 0 Å². The van der Waals surface area contributed by atoms with Crippen molar-refractivity contribution in [2.45, 2.75) is 212 Å². The number of esters is 2. The fourth-order valence-electron chi connectivity index (χ4n) is 6.91. The third-order valence-corrected chi connectivity index (χ3v) is 10.8. The van der Waals surface area contributed by atoms with Crippen molar-refractivity contribution in [3.05, 3.63) is 72.9 Å². The first-order valence-electron chi connectivity index (χ1n) is 25.0. The summed E-state index contributed by atoms with van der Waals surface area (Å²) in [5.74, 6) is -1.77. The molecular formula is C54H93NO7. The summed E-state index contributed by atoms with van der Waals surface area (Å²) in [6, 6.07) is -0.734. The second-order valence-corrected chi connectivity index (χ2v) is 17.7. The van der Waals surface area contributed by atoms with E-state index in [0.29, 0.717) is 12.8 Å². The smallest absolute Gasteiger partial charge is 0.306 e. The van der Waals surface area contributed by atoms with Crippen molar-refractivity contribution in [2.24, 2.45) is 0 Å². The lowest BCUT2D eigenvalue weighted by Gasteiger charge is -2.34. The molecule has 0 saturated heterocycles. The molecule has 8 nitrogen and oxygen atoms in total. The minimum atomic E-state index is -1.13. The Kier molecular flexibility index (Phi) is 42.1. The number of carboxylic acids is 1. The maximum Gasteiger partial charge on any atom is 0.306 e. The highest BCUT2D eigenvalue weighted by atomic mass is 16.6. The normalized spacial score (nSPS) is 13.5. The number of allylic oxidation sites excluding steroid dienone is 12. The number of rotatable bonds is 44. The first-order valence-corrected chi connectivity index (χ1v) is 25.0. The molecular weight excluding hydrogens is 775 g/mol. The molecule has 0 spiro atoms. The van der Waals surface area contributed by atoms with Crippen molar-refractivity contribution < 1.29 is 38.2 Å². The van der Waals surface area contributed by atoms with Crippen LogP contribution in [0.5, 0.6) is 0 Å². The Bertz CT molecular complexity index is 1240. The molecule has 0 N–H and O–H groups in total. The third-order valence-electron chi connectivity index (χ3n) is 10.8. The maximum absolute atomic E-state index is 12.8. The van der Waals surface area contributed by atoms with Crippen molar-refractivity contribution >= 4 is 17.9 Å². The van der Waals surface area contributed by atoms with E-state index in [1.807, 2.05) is 0 Å². The molecule has 0 aliphatic carbocycles. The largest absolute Gasteiger partial charge is 0.544 e. The van der Waals surface area contributed by atoms with Crippen LogP contribution in [-0.4, -0.2) is 75.5 Å². The van der Waals surface area contributed by atoms with Crippen molar-refractivity contribution in [3.63, 3.8) is 0 Å². The number of quaternary nitrogens is 1. The van der Waals surface area contributed by atoms with Gasteiger partial charge in [-0.15, -0.1) is 0 Å². The van der Waals surface area contributed by atoms with E-state index in [4.69, 9.17) is 14.2 Å². The Morgan fingerprint density at radius 3 is 1.26 bits per heavy atom. The lowest BCUT2D eigenvalue weighted by molar-refractivity contribution is -0.889. The molecule has 0 fully saturated rings. The quantitative estimate of drug-likeness (QED) is 0.0260. The molecule has 0 heterocycles. The van der Waals surface area contributed by atoms with Crippen LogP contribution in [0.15, 0.2) is 72.9 Å². The molecule has 0 rings (SSSR count). The molecule has 0 amide bonds. The molecule has 0 bridgehead atoms. The number of aliphatic carboxylic acids is 1. The van der Waals surface area contributed by atoms with Gasteiger partial charge in [-0.1, -0.05) is 164 Å². The van der Waals surface area contributed by atoms with Gasteiger partial charge in [0.1, 0.15) is 12.6 Å². The SMILES string of the molecule is CCCCC/C=C/C/C=C/C/C=C/C/C=C/CCCCCCCC(=O)OC(COCCC(C(=O)[O-])[N+](C)(C)C)COC(=O)CCCCCCCCC/C=C/C/C=C/CCCCC. The number of unbranched alkanes of at least 4 members (excludes halogenated alkanes) is 18. The van der Waals surface area contributed by atoms with Gasteiger partial charge in [-0.25, -0.2) is 0 Å². The number of nitrogens with zero attached hydrogens (tertiary/aromatic N) is 1. The highest BCUT2D eigenvalue weighted by Gasteiger charge is 2.25. The fourth-order valence-corrected chi connectivity index (χ4v) is 6.91. The van der Waals surface area contributed by atoms with E-state index in [0.717, 1.165) is 89.9 Å². The van der Waals surface area contributed by atoms with Gasteiger partial charge in [0, 0.05) is 19.3 Å². The fraction of sp³-hybridized carbons (Fsp3) is 0.722. The molecule has 62 heavy (non-hydrogen) atoms. The number of hydrogen-bond acceptors (Lipinski definition) is 7. The first-order chi connectivity index (χ1) is 30.1. The highest BCUT2D eigenvalue weighted by molar-refractivity contribution is 5.70. The highest BCUT2D eigenvalue weighted by Crippen LogP contribution is 2.13. The van der Waals surface area contributed by atoms with Gasteiger partial charge in [0.25, 0.3) is 0 Å². The average Bonchev–Trinajstić information content (AvgIpc) is 3.23. The average molecular weight is 868 g/mol. The van der Waals surface area contributed by atoms with Crippen LogP contribution in [0.1, 0.15) is 200 Å². The van der Waals surface area contributed by atoms with E-state index in [-0.39, 0.29) is 42.7 Å². The van der Waals surface area contributed by atoms with E-state index in [1.165, 1.54) is 77.0 Å². The summed E-state index contributed by atoms with van der Waals surface area (Å²) in [4.78, 5) is 37.0. The predicted octanol–water partition coefficient (Wildman–Crippen LogP) is 13.0. The van der Waals surface area contributed by atoms with Crippen molar-refractivity contribution in [2.75, 3.05) is 41.0 Å². The van der Waals surface area contributed by atoms with Crippen LogP contribution in [0.3, 0.4) is 0 Å². The zero-order valence-electron chi connectivity index (χ0n) is 40.5. The van der Waals surface area contributed by atoms with Crippen LogP contribution in [0.4, 0.5) is 0 Å². The van der Waals surface area contributed by atoms with Crippen molar-refractivity contribution in [1.82, 2.24) is 0 Å². The zero-order valence-corrected chi connectivity index (χ0v) is 40.5. The standard InChI is InChI=1S/C54H93NO7/c1-6-8-10-12-14-16-18-20-22-24-25-26-27-29-31-33-35-37-39-41-43-45-53(57)62-50(48-60-47-46-51(54(58)59)55(3,4)5)49-61-52(56)44-42-40-38-36-34-32-30-28-23-21-19-17-15-13-11-9-7-2/h14-17,20-23,25-26,29,31,50-51H,6-13,18-19,24,27-28,30,32-49H2,1-5H3/b16-14+,17-15+,22-20+,23-21+,26-25+,31-29+. The van der Waals surface area contributed by atoms with E-state index in [2.05, 4.69) is 86.8 Å². The Hall–Kier alpha value is -3.23. The summed E-state index contributed by atoms with van der Waals surface area (Å²) in [6.45, 7) is 4.58. The van der Waals surface area contributed by atoms with Crippen LogP contribution >= 0.6 is 0 Å². The van der Waals surface area contributed by atoms with Gasteiger partial charge in [-0.3, -0.25) is 9.59 Å². The molecule has 2 unspecified atom stereocenters. The lowest BCUT2D eigenvalue weighted by Crippen LogP contribution is -2.55. The molecule has 2 atom stereocenters. The second-order valence-electron chi connectivity index (χ2n) is 17.7. The van der Waals surface area contributed by atoms with Gasteiger partial charge in [0.15, 0.2) is 6.10 Å². The third kappa shape index (κ3) is 42.1. The molecule has 0 aliphatic heterocycles. The molecule has 0 aromatic heterocycles. The van der Waals surface area contributed by atoms with Crippen LogP contribution in [-0.2, 0) is 28.6 Å². The summed E-state index contributed by atoms with van der Waals surface area (Å²) < 4.78 is 17.2. The summed E-state index contributed by atoms with van der Waals surface area (Å²) in [5.41, 5.74) is 0.